The Morgan fingerprint density at radius 1 is 1.28 bits per heavy atom. The molecule has 3 aromatic heterocycles. The summed E-state index contributed by atoms with van der Waals surface area (Å²) in [5.41, 5.74) is 4.20. The van der Waals surface area contributed by atoms with E-state index in [1.807, 2.05) is 0 Å². The number of halogens is 1. The van der Waals surface area contributed by atoms with Gasteiger partial charge >= 0.3 is 11.9 Å². The molecule has 7 N–H and O–H groups in total. The molecule has 43 heavy (non-hydrogen) atoms. The summed E-state index contributed by atoms with van der Waals surface area (Å²) in [6.07, 6.45) is 3.40. The highest BCUT2D eigenvalue weighted by Crippen LogP contribution is 2.39. The minimum Gasteiger partial charge on any atom is -0.490 e. The van der Waals surface area contributed by atoms with Crippen molar-refractivity contribution in [3.05, 3.63) is 64.1 Å². The fourth-order valence-electron chi connectivity index (χ4n) is 4.75. The number of rotatable bonds is 9. The number of nitrogens with zero attached hydrogens (tertiary/aromatic N) is 4. The molecule has 5 rings (SSSR count). The number of anilines is 1. The predicted octanol–water partition coefficient (Wildman–Crippen LogP) is 0.447. The van der Waals surface area contributed by atoms with Crippen molar-refractivity contribution in [2.24, 2.45) is 5.92 Å². The van der Waals surface area contributed by atoms with Gasteiger partial charge in [0.25, 0.3) is 5.56 Å². The highest BCUT2D eigenvalue weighted by atomic mass is 35.5. The first-order valence-corrected chi connectivity index (χ1v) is 12.9. The van der Waals surface area contributed by atoms with Crippen molar-refractivity contribution in [2.45, 2.75) is 30.5 Å². The number of carboxylic acid groups (broad SMARTS) is 2. The van der Waals surface area contributed by atoms with E-state index in [4.69, 9.17) is 33.2 Å². The number of nitrogen functional groups attached to an aromatic ring is 1. The average molecular weight is 611 g/mol. The largest absolute Gasteiger partial charge is 0.490 e. The van der Waals surface area contributed by atoms with Crippen LogP contribution in [0.1, 0.15) is 11.8 Å². The standard InChI is InChI=1S/C27H23ClN6O9/c1-2-27(41)17(43-23(19(27)35)34-11-31-18-20(29)32-26(28)33-21(18)34)10-42-16-9-12(14-4-3-7-30-22(14)36)5-6-13(16)8-15(24(37)38)25(39)40/h1,3-7,9,11,15,17,19,23,35,41H,8,10H2,(H,30,36)(H,37,38)(H,39,40)(H2,29,32,33)/t17-,19+,23-,27-/m1/s1. The predicted molar refractivity (Wildman–Crippen MR) is 149 cm³/mol. The third-order valence-corrected chi connectivity index (χ3v) is 7.22. The van der Waals surface area contributed by atoms with Gasteiger partial charge in [-0.3, -0.25) is 19.0 Å². The molecule has 16 heteroatoms. The van der Waals surface area contributed by atoms with Crippen molar-refractivity contribution >= 4 is 40.5 Å². The number of pyridine rings is 1. The third-order valence-electron chi connectivity index (χ3n) is 7.05. The van der Waals surface area contributed by atoms with Gasteiger partial charge in [-0.1, -0.05) is 18.1 Å². The maximum Gasteiger partial charge on any atom is 0.318 e. The number of aromatic amines is 1. The Balaban J connectivity index is 1.49. The first-order chi connectivity index (χ1) is 20.4. The number of aliphatic hydroxyl groups excluding tert-OH is 1. The molecule has 1 fully saturated rings. The number of terminal acetylenes is 1. The molecule has 4 atom stereocenters. The van der Waals surface area contributed by atoms with E-state index in [1.165, 1.54) is 35.3 Å². The lowest BCUT2D eigenvalue weighted by molar-refractivity contribution is -0.154. The summed E-state index contributed by atoms with van der Waals surface area (Å²) in [6, 6.07) is 7.51. The molecule has 4 heterocycles. The summed E-state index contributed by atoms with van der Waals surface area (Å²) in [5, 5.41) is 41.0. The topological polar surface area (TPSA) is 236 Å². The molecule has 0 spiro atoms. The Morgan fingerprint density at radius 2 is 2.02 bits per heavy atom. The molecule has 0 amide bonds. The number of nitrogens with one attached hydrogen (secondary N) is 1. The van der Waals surface area contributed by atoms with Gasteiger partial charge in [0, 0.05) is 11.8 Å². The summed E-state index contributed by atoms with van der Waals surface area (Å²) in [7, 11) is 0. The quantitative estimate of drug-likeness (QED) is 0.0858. The lowest BCUT2D eigenvalue weighted by Gasteiger charge is -2.25. The van der Waals surface area contributed by atoms with Crippen LogP contribution >= 0.6 is 11.6 Å². The summed E-state index contributed by atoms with van der Waals surface area (Å²) in [6.45, 7) is -0.495. The van der Waals surface area contributed by atoms with E-state index in [-0.39, 0.29) is 39.1 Å². The summed E-state index contributed by atoms with van der Waals surface area (Å²) in [5.74, 6) is -2.82. The van der Waals surface area contributed by atoms with E-state index in [1.54, 1.807) is 12.1 Å². The number of hydrogen-bond acceptors (Lipinski definition) is 11. The number of aliphatic carboxylic acids is 2. The zero-order valence-electron chi connectivity index (χ0n) is 21.9. The van der Waals surface area contributed by atoms with Crippen LogP contribution in [0.25, 0.3) is 22.3 Å². The van der Waals surface area contributed by atoms with Gasteiger partial charge in [0.1, 0.15) is 30.1 Å². The monoisotopic (exact) mass is 610 g/mol. The van der Waals surface area contributed by atoms with Crippen LogP contribution in [0.3, 0.4) is 0 Å². The normalized spacial score (nSPS) is 21.6. The number of aliphatic hydroxyl groups is 2. The Bertz CT molecular complexity index is 1820. The number of ether oxygens (including phenoxy) is 2. The molecular formula is C27H23ClN6O9. The van der Waals surface area contributed by atoms with Crippen molar-refractivity contribution < 1.29 is 39.5 Å². The van der Waals surface area contributed by atoms with Crippen LogP contribution in [0.2, 0.25) is 5.28 Å². The number of benzene rings is 1. The van der Waals surface area contributed by atoms with Crippen LogP contribution in [0, 0.1) is 18.3 Å². The molecular weight excluding hydrogens is 588 g/mol. The minimum absolute atomic E-state index is 0.00505. The van der Waals surface area contributed by atoms with E-state index < -0.39 is 60.5 Å². The van der Waals surface area contributed by atoms with E-state index in [2.05, 4.69) is 25.9 Å². The summed E-state index contributed by atoms with van der Waals surface area (Å²) < 4.78 is 13.1. The number of hydrogen-bond donors (Lipinski definition) is 6. The highest BCUT2D eigenvalue weighted by Gasteiger charge is 2.56. The van der Waals surface area contributed by atoms with Gasteiger partial charge in [-0.2, -0.15) is 9.97 Å². The molecule has 0 unspecified atom stereocenters. The van der Waals surface area contributed by atoms with Crippen molar-refractivity contribution in [3.8, 4) is 29.2 Å². The molecule has 1 aliphatic rings. The number of imidazole rings is 1. The average Bonchev–Trinajstić information content (AvgIpc) is 3.49. The van der Waals surface area contributed by atoms with Gasteiger partial charge in [-0.15, -0.1) is 6.42 Å². The van der Waals surface area contributed by atoms with Crippen molar-refractivity contribution in [3.63, 3.8) is 0 Å². The van der Waals surface area contributed by atoms with Gasteiger partial charge < -0.3 is 40.6 Å². The van der Waals surface area contributed by atoms with Crippen LogP contribution in [-0.2, 0) is 20.7 Å². The van der Waals surface area contributed by atoms with Gasteiger partial charge in [-0.05, 0) is 47.3 Å². The zero-order valence-corrected chi connectivity index (χ0v) is 22.7. The molecule has 0 bridgehead atoms. The minimum atomic E-state index is -2.30. The summed E-state index contributed by atoms with van der Waals surface area (Å²) in [4.78, 5) is 50.2. The molecule has 1 aromatic carbocycles. The smallest absolute Gasteiger partial charge is 0.318 e. The van der Waals surface area contributed by atoms with Crippen molar-refractivity contribution in [1.29, 1.82) is 0 Å². The number of H-pyrrole nitrogens is 1. The Morgan fingerprint density at radius 3 is 2.70 bits per heavy atom. The Kier molecular flexibility index (Phi) is 7.78. The van der Waals surface area contributed by atoms with Gasteiger partial charge in [0.15, 0.2) is 29.2 Å². The fourth-order valence-corrected chi connectivity index (χ4v) is 4.92. The first-order valence-electron chi connectivity index (χ1n) is 12.5. The Hall–Kier alpha value is -5.01. The maximum atomic E-state index is 12.4. The van der Waals surface area contributed by atoms with Gasteiger partial charge in [0.05, 0.1) is 6.33 Å². The molecule has 15 nitrogen and oxygen atoms in total. The van der Waals surface area contributed by atoms with Crippen molar-refractivity contribution in [1.82, 2.24) is 24.5 Å². The lowest BCUT2D eigenvalue weighted by Crippen LogP contribution is -2.48. The van der Waals surface area contributed by atoms with Crippen LogP contribution in [-0.4, -0.2) is 81.3 Å². The first kappa shape index (κ1) is 29.5. The van der Waals surface area contributed by atoms with E-state index in [9.17, 15) is 34.8 Å². The zero-order chi connectivity index (χ0) is 31.1. The number of aromatic nitrogens is 5. The fraction of sp³-hybridized carbons (Fsp3) is 0.259. The molecule has 0 aliphatic carbocycles. The molecule has 1 aliphatic heterocycles. The number of carbonyl (C=O) groups is 2. The van der Waals surface area contributed by atoms with Crippen molar-refractivity contribution in [2.75, 3.05) is 12.3 Å². The summed E-state index contributed by atoms with van der Waals surface area (Å²) >= 11 is 5.94. The maximum absolute atomic E-state index is 12.4. The van der Waals surface area contributed by atoms with Crippen LogP contribution in [0.15, 0.2) is 47.7 Å². The number of fused-ring (bicyclic) bond motifs is 1. The molecule has 1 saturated heterocycles. The highest BCUT2D eigenvalue weighted by molar-refractivity contribution is 6.28. The molecule has 0 radical (unpaired) electrons. The molecule has 0 saturated carbocycles. The van der Waals surface area contributed by atoms with Gasteiger partial charge in [-0.25, -0.2) is 4.98 Å². The molecule has 4 aromatic rings. The molecule has 222 valence electrons. The second kappa shape index (κ2) is 11.3. The van der Waals surface area contributed by atoms with E-state index in [0.717, 1.165) is 0 Å². The van der Waals surface area contributed by atoms with E-state index in [0.29, 0.717) is 5.56 Å². The SMILES string of the molecule is C#C[C@@]1(O)[C@@H](COc2cc(-c3ccc[nH]c3=O)ccc2CC(C(=O)O)C(=O)O)O[C@@H](n2cnc3c(N)nc(Cl)nc32)[C@@H]1O. The van der Waals surface area contributed by atoms with Gasteiger partial charge in [0.2, 0.25) is 5.28 Å². The Labute approximate surface area is 246 Å². The van der Waals surface area contributed by atoms with Crippen LogP contribution in [0.5, 0.6) is 5.75 Å². The lowest BCUT2D eigenvalue weighted by atomic mass is 9.93. The van der Waals surface area contributed by atoms with E-state index >= 15 is 0 Å². The second-order valence-corrected chi connectivity index (χ2v) is 9.95. The number of carboxylic acids is 2. The third kappa shape index (κ3) is 5.35. The van der Waals surface area contributed by atoms with Crippen LogP contribution in [0.4, 0.5) is 5.82 Å². The number of nitrogens with two attached hydrogens (primary N) is 1. The van der Waals surface area contributed by atoms with Crippen LogP contribution < -0.4 is 16.0 Å². The second-order valence-electron chi connectivity index (χ2n) is 9.61.